The van der Waals surface area contributed by atoms with E-state index in [1.165, 1.54) is 36.7 Å². The highest BCUT2D eigenvalue weighted by Gasteiger charge is 2.19. The summed E-state index contributed by atoms with van der Waals surface area (Å²) < 4.78 is 15.3. The molecule has 2 N–H and O–H groups in total. The number of aromatic nitrogens is 6. The fourth-order valence-corrected chi connectivity index (χ4v) is 6.37. The van der Waals surface area contributed by atoms with Gasteiger partial charge in [0.1, 0.15) is 11.5 Å². The SMILES string of the molecule is CC(=O)c1ccc(-c2ccnc3nc(-c4n[nH]c5cc(F)c(-c6cncc(CN7CCCCC7)c6)cc45)[nH]c23)s1. The second-order valence-corrected chi connectivity index (χ2v) is 11.3. The number of piperidine rings is 1. The zero-order valence-electron chi connectivity index (χ0n) is 21.9. The van der Waals surface area contributed by atoms with E-state index in [2.05, 4.69) is 30.0 Å². The van der Waals surface area contributed by atoms with Crippen LogP contribution in [0.4, 0.5) is 4.39 Å². The maximum Gasteiger partial charge on any atom is 0.178 e. The normalized spacial score (nSPS) is 14.3. The van der Waals surface area contributed by atoms with Crippen molar-refractivity contribution in [3.8, 4) is 33.1 Å². The molecule has 1 aromatic carbocycles. The van der Waals surface area contributed by atoms with Crippen molar-refractivity contribution in [3.05, 3.63) is 71.2 Å². The lowest BCUT2D eigenvalue weighted by molar-refractivity contribution is 0.102. The molecule has 0 atom stereocenters. The minimum Gasteiger partial charge on any atom is -0.335 e. The van der Waals surface area contributed by atoms with Gasteiger partial charge in [-0.3, -0.25) is 19.8 Å². The molecule has 1 saturated heterocycles. The van der Waals surface area contributed by atoms with Gasteiger partial charge in [-0.25, -0.2) is 14.4 Å². The van der Waals surface area contributed by atoms with Crippen molar-refractivity contribution in [1.82, 2.24) is 35.0 Å². The molecule has 0 spiro atoms. The number of aromatic amines is 2. The third kappa shape index (κ3) is 4.48. The van der Waals surface area contributed by atoms with Crippen molar-refractivity contribution in [1.29, 1.82) is 0 Å². The number of likely N-dealkylation sites (tertiary alicyclic amines) is 1. The summed E-state index contributed by atoms with van der Waals surface area (Å²) in [6, 6.07) is 11.0. The van der Waals surface area contributed by atoms with E-state index in [4.69, 9.17) is 4.98 Å². The van der Waals surface area contributed by atoms with E-state index >= 15 is 4.39 Å². The van der Waals surface area contributed by atoms with E-state index in [0.29, 0.717) is 33.1 Å². The molecular formula is C30H26FN7OS. The molecule has 0 unspecified atom stereocenters. The van der Waals surface area contributed by atoms with Gasteiger partial charge < -0.3 is 4.98 Å². The molecule has 1 aliphatic heterocycles. The predicted octanol–water partition coefficient (Wildman–Crippen LogP) is 6.62. The van der Waals surface area contributed by atoms with Gasteiger partial charge in [0, 0.05) is 58.2 Å². The molecule has 6 aromatic rings. The first-order valence-corrected chi connectivity index (χ1v) is 14.2. The van der Waals surface area contributed by atoms with Gasteiger partial charge in [0.15, 0.2) is 17.3 Å². The quantitative estimate of drug-likeness (QED) is 0.226. The maximum atomic E-state index is 15.3. The Morgan fingerprint density at radius 1 is 1.07 bits per heavy atom. The van der Waals surface area contributed by atoms with Crippen LogP contribution < -0.4 is 0 Å². The summed E-state index contributed by atoms with van der Waals surface area (Å²) in [6.07, 6.45) is 8.99. The zero-order valence-corrected chi connectivity index (χ0v) is 22.7. The molecule has 200 valence electrons. The molecule has 7 rings (SSSR count). The maximum absolute atomic E-state index is 15.3. The topological polar surface area (TPSA) is 103 Å². The van der Waals surface area contributed by atoms with Crippen LogP contribution in [0.5, 0.6) is 0 Å². The monoisotopic (exact) mass is 551 g/mol. The molecule has 1 aliphatic rings. The van der Waals surface area contributed by atoms with Gasteiger partial charge in [-0.1, -0.05) is 6.42 Å². The van der Waals surface area contributed by atoms with Crippen LogP contribution in [0.1, 0.15) is 41.4 Å². The number of hydrogen-bond acceptors (Lipinski definition) is 7. The summed E-state index contributed by atoms with van der Waals surface area (Å²) in [5.41, 5.74) is 5.62. The molecule has 6 heterocycles. The van der Waals surface area contributed by atoms with Crippen LogP contribution in [0.2, 0.25) is 0 Å². The van der Waals surface area contributed by atoms with Gasteiger partial charge >= 0.3 is 0 Å². The highest BCUT2D eigenvalue weighted by atomic mass is 32.1. The Bertz CT molecular complexity index is 1880. The second-order valence-electron chi connectivity index (χ2n) is 10.2. The molecule has 0 radical (unpaired) electrons. The van der Waals surface area contributed by atoms with E-state index in [-0.39, 0.29) is 11.6 Å². The van der Waals surface area contributed by atoms with Crippen molar-refractivity contribution < 1.29 is 9.18 Å². The van der Waals surface area contributed by atoms with Gasteiger partial charge in [0.2, 0.25) is 0 Å². The fraction of sp³-hybridized carbons (Fsp3) is 0.233. The Kier molecular flexibility index (Phi) is 6.21. The Labute approximate surface area is 233 Å². The van der Waals surface area contributed by atoms with Crippen molar-refractivity contribution in [2.24, 2.45) is 0 Å². The average molecular weight is 552 g/mol. The van der Waals surface area contributed by atoms with Crippen LogP contribution >= 0.6 is 11.3 Å². The Hall–Kier alpha value is -4.28. The molecule has 0 amide bonds. The first-order valence-electron chi connectivity index (χ1n) is 13.3. The Balaban J connectivity index is 1.27. The van der Waals surface area contributed by atoms with Gasteiger partial charge in [0.25, 0.3) is 0 Å². The van der Waals surface area contributed by atoms with Crippen LogP contribution in [0.25, 0.3) is 55.2 Å². The predicted molar refractivity (Wildman–Crippen MR) is 155 cm³/mol. The molecule has 5 aromatic heterocycles. The number of carbonyl (C=O) groups excluding carboxylic acids is 1. The molecule has 1 fully saturated rings. The van der Waals surface area contributed by atoms with Crippen LogP contribution in [-0.2, 0) is 6.54 Å². The summed E-state index contributed by atoms with van der Waals surface area (Å²) in [5, 5.41) is 8.18. The van der Waals surface area contributed by atoms with Crippen LogP contribution in [0, 0.1) is 5.82 Å². The van der Waals surface area contributed by atoms with E-state index in [1.54, 1.807) is 19.3 Å². The number of thiophene rings is 1. The van der Waals surface area contributed by atoms with Gasteiger partial charge in [-0.05, 0) is 68.8 Å². The Morgan fingerprint density at radius 3 is 2.77 bits per heavy atom. The van der Waals surface area contributed by atoms with Gasteiger partial charge in [0.05, 0.1) is 15.9 Å². The first-order chi connectivity index (χ1) is 19.5. The van der Waals surface area contributed by atoms with Crippen molar-refractivity contribution >= 4 is 39.2 Å². The Morgan fingerprint density at radius 2 is 1.95 bits per heavy atom. The number of rotatable bonds is 6. The van der Waals surface area contributed by atoms with Crippen molar-refractivity contribution in [2.75, 3.05) is 13.1 Å². The average Bonchev–Trinajstić information content (AvgIpc) is 3.71. The molecule has 0 bridgehead atoms. The molecule has 0 saturated carbocycles. The fourth-order valence-electron chi connectivity index (χ4n) is 5.44. The first kappa shape index (κ1) is 24.7. The number of hydrogen-bond donors (Lipinski definition) is 2. The van der Waals surface area contributed by atoms with E-state index in [1.807, 2.05) is 36.5 Å². The summed E-state index contributed by atoms with van der Waals surface area (Å²) in [7, 11) is 0. The minimum atomic E-state index is -0.341. The number of carbonyl (C=O) groups is 1. The number of nitrogens with zero attached hydrogens (tertiary/aromatic N) is 5. The number of ketones is 1. The summed E-state index contributed by atoms with van der Waals surface area (Å²) in [5.74, 6) is 0.219. The lowest BCUT2D eigenvalue weighted by atomic mass is 10.0. The summed E-state index contributed by atoms with van der Waals surface area (Å²) in [6.45, 7) is 4.55. The summed E-state index contributed by atoms with van der Waals surface area (Å²) in [4.78, 5) is 32.9. The van der Waals surface area contributed by atoms with E-state index < -0.39 is 0 Å². The zero-order chi connectivity index (χ0) is 27.2. The highest BCUT2D eigenvalue weighted by Crippen LogP contribution is 2.36. The van der Waals surface area contributed by atoms with Crippen LogP contribution in [0.15, 0.2) is 55.0 Å². The molecule has 40 heavy (non-hydrogen) atoms. The van der Waals surface area contributed by atoms with Gasteiger partial charge in [-0.2, -0.15) is 5.10 Å². The van der Waals surface area contributed by atoms with E-state index in [0.717, 1.165) is 52.1 Å². The van der Waals surface area contributed by atoms with Crippen molar-refractivity contribution in [3.63, 3.8) is 0 Å². The standard InChI is InChI=1S/C30H26FN7OS/c1-17(39)25-5-6-26(40-25)20-7-8-33-29-27(20)34-30(35-29)28-22-12-21(23(31)13-24(22)36-37-28)19-11-18(14-32-15-19)16-38-9-3-2-4-10-38/h5-8,11-15H,2-4,9-10,16H2,1H3,(H,36,37)(H,33,34,35). The highest BCUT2D eigenvalue weighted by molar-refractivity contribution is 7.17. The lowest BCUT2D eigenvalue weighted by Gasteiger charge is -2.26. The number of H-pyrrole nitrogens is 2. The number of imidazole rings is 1. The number of halogens is 1. The molecule has 10 heteroatoms. The van der Waals surface area contributed by atoms with E-state index in [9.17, 15) is 4.79 Å². The molecule has 0 aliphatic carbocycles. The van der Waals surface area contributed by atoms with Crippen LogP contribution in [0.3, 0.4) is 0 Å². The van der Waals surface area contributed by atoms with Crippen LogP contribution in [-0.4, -0.2) is 53.9 Å². The van der Waals surface area contributed by atoms with Gasteiger partial charge in [-0.15, -0.1) is 11.3 Å². The smallest absolute Gasteiger partial charge is 0.178 e. The minimum absolute atomic E-state index is 0.0325. The largest absolute Gasteiger partial charge is 0.335 e. The third-order valence-electron chi connectivity index (χ3n) is 7.45. The number of benzene rings is 1. The molecule has 8 nitrogen and oxygen atoms in total. The number of fused-ring (bicyclic) bond motifs is 2. The third-order valence-corrected chi connectivity index (χ3v) is 8.67. The number of nitrogens with one attached hydrogen (secondary N) is 2. The van der Waals surface area contributed by atoms with Crippen molar-refractivity contribution in [2.45, 2.75) is 32.7 Å². The molecular weight excluding hydrogens is 525 g/mol. The number of Topliss-reactive ketones (excluding diaryl/α,β-unsaturated/α-hetero) is 1. The number of pyridine rings is 2. The lowest BCUT2D eigenvalue weighted by Crippen LogP contribution is -2.29. The summed E-state index contributed by atoms with van der Waals surface area (Å²) >= 11 is 1.43. The second kappa shape index (κ2) is 10.0.